The Bertz CT molecular complexity index is 1100. The predicted molar refractivity (Wildman–Crippen MR) is 116 cm³/mol. The van der Waals surface area contributed by atoms with Gasteiger partial charge in [0, 0.05) is 23.8 Å². The lowest BCUT2D eigenvalue weighted by molar-refractivity contribution is -0.119. The number of morpholine rings is 1. The first-order valence-electron chi connectivity index (χ1n) is 9.29. The number of nitrogens with one attached hydrogen (secondary N) is 1. The van der Waals surface area contributed by atoms with Gasteiger partial charge in [-0.3, -0.25) is 4.79 Å². The van der Waals surface area contributed by atoms with Crippen molar-refractivity contribution in [2.24, 2.45) is 0 Å². The van der Waals surface area contributed by atoms with Crippen LogP contribution in [0.25, 0.3) is 0 Å². The minimum Gasteiger partial charge on any atom is -0.452 e. The molecule has 11 heteroatoms. The van der Waals surface area contributed by atoms with Gasteiger partial charge in [-0.25, -0.2) is 13.2 Å². The zero-order valence-corrected chi connectivity index (χ0v) is 18.9. The van der Waals surface area contributed by atoms with Gasteiger partial charge in [0.05, 0.1) is 28.7 Å². The first-order chi connectivity index (χ1) is 14.7. The van der Waals surface area contributed by atoms with Gasteiger partial charge in [-0.2, -0.15) is 4.31 Å². The maximum Gasteiger partial charge on any atom is 0.340 e. The Hall–Kier alpha value is -2.17. The van der Waals surface area contributed by atoms with Crippen LogP contribution in [0, 0.1) is 6.92 Å². The van der Waals surface area contributed by atoms with Crippen molar-refractivity contribution >= 4 is 50.8 Å². The number of carbonyl (C=O) groups excluding carboxylic acids is 2. The van der Waals surface area contributed by atoms with Crippen LogP contribution in [-0.4, -0.2) is 57.5 Å². The second-order valence-electron chi connectivity index (χ2n) is 6.75. The number of nitrogens with zero attached hydrogens (tertiary/aromatic N) is 1. The fourth-order valence-electron chi connectivity index (χ4n) is 2.83. The summed E-state index contributed by atoms with van der Waals surface area (Å²) in [6, 6.07) is 8.75. The molecule has 3 rings (SSSR count). The van der Waals surface area contributed by atoms with E-state index in [9.17, 15) is 18.0 Å². The molecular formula is C20H20Cl2N2O6S. The van der Waals surface area contributed by atoms with Crippen molar-refractivity contribution in [2.45, 2.75) is 11.8 Å². The van der Waals surface area contributed by atoms with E-state index in [1.807, 2.05) is 6.92 Å². The first kappa shape index (κ1) is 23.5. The van der Waals surface area contributed by atoms with Crippen LogP contribution in [-0.2, 0) is 24.3 Å². The van der Waals surface area contributed by atoms with E-state index in [0.29, 0.717) is 23.9 Å². The molecule has 0 bridgehead atoms. The number of amides is 1. The fraction of sp³-hybridized carbons (Fsp3) is 0.300. The molecule has 0 saturated carbocycles. The third-order valence-corrected chi connectivity index (χ3v) is 7.19. The van der Waals surface area contributed by atoms with Crippen LogP contribution in [0.15, 0.2) is 41.3 Å². The van der Waals surface area contributed by atoms with E-state index in [1.165, 1.54) is 16.4 Å². The lowest BCUT2D eigenvalue weighted by Gasteiger charge is -2.26. The number of hydrogen-bond donors (Lipinski definition) is 1. The Labute approximate surface area is 190 Å². The Morgan fingerprint density at radius 1 is 1.10 bits per heavy atom. The summed E-state index contributed by atoms with van der Waals surface area (Å²) in [6.07, 6.45) is 0. The molecule has 1 saturated heterocycles. The second kappa shape index (κ2) is 9.97. The van der Waals surface area contributed by atoms with Gasteiger partial charge in [0.2, 0.25) is 10.0 Å². The van der Waals surface area contributed by atoms with Crippen LogP contribution in [0.4, 0.5) is 5.69 Å². The predicted octanol–water partition coefficient (Wildman–Crippen LogP) is 3.12. The summed E-state index contributed by atoms with van der Waals surface area (Å²) in [5.41, 5.74) is 1.16. The highest BCUT2D eigenvalue weighted by atomic mass is 35.5. The number of carbonyl (C=O) groups is 2. The smallest absolute Gasteiger partial charge is 0.340 e. The third kappa shape index (κ3) is 5.75. The van der Waals surface area contributed by atoms with Crippen molar-refractivity contribution in [2.75, 3.05) is 38.2 Å². The molecule has 2 aromatic carbocycles. The summed E-state index contributed by atoms with van der Waals surface area (Å²) in [7, 11) is -3.82. The van der Waals surface area contributed by atoms with E-state index < -0.39 is 28.5 Å². The number of aryl methyl sites for hydroxylation is 1. The van der Waals surface area contributed by atoms with E-state index in [1.54, 1.807) is 18.2 Å². The summed E-state index contributed by atoms with van der Waals surface area (Å²) in [5, 5.41) is 3.06. The van der Waals surface area contributed by atoms with Gasteiger partial charge in [0.25, 0.3) is 5.91 Å². The van der Waals surface area contributed by atoms with Crippen molar-refractivity contribution in [3.8, 4) is 0 Å². The Morgan fingerprint density at radius 3 is 2.48 bits per heavy atom. The summed E-state index contributed by atoms with van der Waals surface area (Å²) >= 11 is 12.1. The number of esters is 1. The first-order valence-corrected chi connectivity index (χ1v) is 11.5. The highest BCUT2D eigenvalue weighted by Crippen LogP contribution is 2.24. The van der Waals surface area contributed by atoms with Crippen molar-refractivity contribution < 1.29 is 27.5 Å². The molecule has 0 unspecified atom stereocenters. The molecule has 0 atom stereocenters. The second-order valence-corrected chi connectivity index (χ2v) is 9.50. The molecule has 1 amide bonds. The summed E-state index contributed by atoms with van der Waals surface area (Å²) in [6.45, 7) is 2.27. The normalized spacial score (nSPS) is 14.8. The molecule has 1 aliphatic heterocycles. The average molecular weight is 487 g/mol. The third-order valence-electron chi connectivity index (χ3n) is 4.56. The molecule has 2 aromatic rings. The van der Waals surface area contributed by atoms with E-state index in [4.69, 9.17) is 32.7 Å². The highest BCUT2D eigenvalue weighted by molar-refractivity contribution is 7.89. The largest absolute Gasteiger partial charge is 0.452 e. The number of ether oxygens (including phenoxy) is 2. The van der Waals surface area contributed by atoms with E-state index in [0.717, 1.165) is 11.6 Å². The van der Waals surface area contributed by atoms with E-state index >= 15 is 0 Å². The molecule has 0 radical (unpaired) electrons. The molecule has 1 N–H and O–H groups in total. The van der Waals surface area contributed by atoms with Crippen LogP contribution in [0.1, 0.15) is 15.9 Å². The SMILES string of the molecule is Cc1ccc(NC(=O)COC(=O)c2cc(S(=O)(=O)N3CCOCC3)ccc2Cl)cc1Cl. The molecule has 31 heavy (non-hydrogen) atoms. The zero-order valence-electron chi connectivity index (χ0n) is 16.6. The van der Waals surface area contributed by atoms with Gasteiger partial charge in [-0.1, -0.05) is 29.3 Å². The van der Waals surface area contributed by atoms with Crippen LogP contribution in [0.3, 0.4) is 0 Å². The number of benzene rings is 2. The molecular weight excluding hydrogens is 467 g/mol. The fourth-order valence-corrected chi connectivity index (χ4v) is 4.64. The maximum absolute atomic E-state index is 12.8. The van der Waals surface area contributed by atoms with Gasteiger partial charge < -0.3 is 14.8 Å². The Balaban J connectivity index is 1.67. The van der Waals surface area contributed by atoms with E-state index in [2.05, 4.69) is 5.32 Å². The molecule has 0 aliphatic carbocycles. The quantitative estimate of drug-likeness (QED) is 0.629. The van der Waals surface area contributed by atoms with Crippen LogP contribution >= 0.6 is 23.2 Å². The minimum atomic E-state index is -3.82. The molecule has 1 aliphatic rings. The van der Waals surface area contributed by atoms with Crippen molar-refractivity contribution in [1.82, 2.24) is 4.31 Å². The average Bonchev–Trinajstić information content (AvgIpc) is 2.75. The lowest BCUT2D eigenvalue weighted by Crippen LogP contribution is -2.40. The number of halogens is 2. The summed E-state index contributed by atoms with van der Waals surface area (Å²) in [4.78, 5) is 24.4. The van der Waals surface area contributed by atoms with Crippen LogP contribution in [0.2, 0.25) is 10.0 Å². The summed E-state index contributed by atoms with van der Waals surface area (Å²) in [5.74, 6) is -1.50. The lowest BCUT2D eigenvalue weighted by atomic mass is 10.2. The number of hydrogen-bond acceptors (Lipinski definition) is 6. The molecule has 0 aromatic heterocycles. The van der Waals surface area contributed by atoms with Crippen molar-refractivity contribution in [3.63, 3.8) is 0 Å². The van der Waals surface area contributed by atoms with Gasteiger partial charge >= 0.3 is 5.97 Å². The molecule has 166 valence electrons. The van der Waals surface area contributed by atoms with Crippen molar-refractivity contribution in [1.29, 1.82) is 0 Å². The maximum atomic E-state index is 12.8. The molecule has 1 heterocycles. The standard InChI is InChI=1S/C20H20Cl2N2O6S/c1-13-2-3-14(10-18(13)22)23-19(25)12-30-20(26)16-11-15(4-5-17(16)21)31(27,28)24-6-8-29-9-7-24/h2-5,10-11H,6-9,12H2,1H3,(H,23,25). The van der Waals surface area contributed by atoms with Crippen LogP contribution < -0.4 is 5.32 Å². The summed E-state index contributed by atoms with van der Waals surface area (Å²) < 4.78 is 37.0. The van der Waals surface area contributed by atoms with Crippen LogP contribution in [0.5, 0.6) is 0 Å². The number of rotatable bonds is 6. The Morgan fingerprint density at radius 2 is 1.81 bits per heavy atom. The Kier molecular flexibility index (Phi) is 7.55. The molecule has 1 fully saturated rings. The highest BCUT2D eigenvalue weighted by Gasteiger charge is 2.28. The minimum absolute atomic E-state index is 0.0108. The topological polar surface area (TPSA) is 102 Å². The van der Waals surface area contributed by atoms with Gasteiger partial charge in [0.1, 0.15) is 0 Å². The molecule has 0 spiro atoms. The zero-order chi connectivity index (χ0) is 22.6. The van der Waals surface area contributed by atoms with Gasteiger partial charge in [-0.15, -0.1) is 0 Å². The van der Waals surface area contributed by atoms with Gasteiger partial charge in [0.15, 0.2) is 6.61 Å². The monoisotopic (exact) mass is 486 g/mol. The van der Waals surface area contributed by atoms with E-state index in [-0.39, 0.29) is 28.6 Å². The number of sulfonamides is 1. The van der Waals surface area contributed by atoms with Crippen molar-refractivity contribution in [3.05, 3.63) is 57.6 Å². The number of anilines is 1. The van der Waals surface area contributed by atoms with Gasteiger partial charge in [-0.05, 0) is 42.8 Å². The molecule has 8 nitrogen and oxygen atoms in total.